The van der Waals surface area contributed by atoms with E-state index < -0.39 is 5.97 Å². The van der Waals surface area contributed by atoms with E-state index in [1.54, 1.807) is 20.1 Å². The van der Waals surface area contributed by atoms with E-state index in [4.69, 9.17) is 14.2 Å². The highest BCUT2D eigenvalue weighted by molar-refractivity contribution is 5.91. The second-order valence-corrected chi connectivity index (χ2v) is 7.21. The number of nitrogens with zero attached hydrogens (tertiary/aromatic N) is 1. The first-order valence-electron chi connectivity index (χ1n) is 9.87. The number of aliphatic carboxylic acids is 1. The first-order chi connectivity index (χ1) is 14.5. The van der Waals surface area contributed by atoms with E-state index in [0.717, 1.165) is 46.5 Å². The van der Waals surface area contributed by atoms with Gasteiger partial charge in [-0.3, -0.25) is 0 Å². The predicted octanol–water partition coefficient (Wildman–Crippen LogP) is 2.33. The predicted molar refractivity (Wildman–Crippen MR) is 108 cm³/mol. The lowest BCUT2D eigenvalue weighted by molar-refractivity contribution is -0.686. The Morgan fingerprint density at radius 3 is 2.67 bits per heavy atom. The fourth-order valence-electron chi connectivity index (χ4n) is 3.78. The van der Waals surface area contributed by atoms with Gasteiger partial charge in [-0.15, -0.1) is 0 Å². The van der Waals surface area contributed by atoms with E-state index in [2.05, 4.69) is 22.8 Å². The van der Waals surface area contributed by atoms with Crippen molar-refractivity contribution >= 4 is 16.7 Å². The van der Waals surface area contributed by atoms with E-state index in [0.29, 0.717) is 12.2 Å². The van der Waals surface area contributed by atoms with Crippen LogP contribution in [-0.4, -0.2) is 25.0 Å². The van der Waals surface area contributed by atoms with Crippen LogP contribution in [0.5, 0.6) is 23.0 Å². The maximum atomic E-state index is 10.4. The maximum Gasteiger partial charge on any atom is 0.231 e. The second kappa shape index (κ2) is 8.10. The van der Waals surface area contributed by atoms with Crippen LogP contribution in [0.3, 0.4) is 0 Å². The molecule has 0 fully saturated rings. The van der Waals surface area contributed by atoms with Crippen LogP contribution < -0.4 is 23.9 Å². The molecule has 0 amide bonds. The molecule has 0 aliphatic carbocycles. The molecule has 1 N–H and O–H groups in total. The molecular weight excluding hydrogens is 386 g/mol. The standard InChI is InChI=1S/C19H15NO4.C4H8O2/c1-22-16-3-2-11-6-15-13-8-18-17(23-10-24-18)7-12(13)4-5-20(15)9-14(11)19(16)21;1-2-3-4(5)6/h2-3,6-9H,4-5,10H2,1H3;2-3H2,1H3,(H,5,6). The van der Waals surface area contributed by atoms with Crippen molar-refractivity contribution in [3.8, 4) is 34.3 Å². The summed E-state index contributed by atoms with van der Waals surface area (Å²) >= 11 is 0. The van der Waals surface area contributed by atoms with Gasteiger partial charge in [0.2, 0.25) is 12.5 Å². The number of aromatic hydroxyl groups is 1. The molecule has 156 valence electrons. The number of rotatable bonds is 3. The number of aromatic nitrogens is 1. The number of phenolic OH excluding ortho intramolecular Hbond substituents is 1. The van der Waals surface area contributed by atoms with Crippen molar-refractivity contribution in [3.63, 3.8) is 0 Å². The van der Waals surface area contributed by atoms with Gasteiger partial charge in [-0.25, -0.2) is 0 Å². The molecule has 0 saturated heterocycles. The highest BCUT2D eigenvalue weighted by Crippen LogP contribution is 2.41. The number of carboxylic acid groups (broad SMARTS) is 1. The average Bonchev–Trinajstić information content (AvgIpc) is 3.19. The van der Waals surface area contributed by atoms with Crippen molar-refractivity contribution in [1.29, 1.82) is 0 Å². The first-order valence-corrected chi connectivity index (χ1v) is 9.87. The first kappa shape index (κ1) is 19.8. The molecule has 2 aromatic carbocycles. The van der Waals surface area contributed by atoms with Gasteiger partial charge < -0.3 is 29.2 Å². The van der Waals surface area contributed by atoms with Gasteiger partial charge in [0, 0.05) is 18.5 Å². The van der Waals surface area contributed by atoms with Gasteiger partial charge in [0.25, 0.3) is 0 Å². The molecule has 7 nitrogen and oxygen atoms in total. The number of hydrogen-bond donors (Lipinski definition) is 1. The summed E-state index contributed by atoms with van der Waals surface area (Å²) in [6.45, 7) is 2.94. The fraction of sp³-hybridized carbons (Fsp3) is 0.304. The molecule has 0 bridgehead atoms. The molecule has 0 radical (unpaired) electrons. The topological polar surface area (TPSA) is 91.9 Å². The lowest BCUT2D eigenvalue weighted by Gasteiger charge is -2.16. The third-order valence-electron chi connectivity index (χ3n) is 5.27. The zero-order chi connectivity index (χ0) is 21.3. The number of methoxy groups -OCH3 is 1. The minimum absolute atomic E-state index is 0.181. The minimum atomic E-state index is -0.961. The summed E-state index contributed by atoms with van der Waals surface area (Å²) < 4.78 is 18.4. The Morgan fingerprint density at radius 1 is 1.23 bits per heavy atom. The van der Waals surface area contributed by atoms with Crippen molar-refractivity contribution in [3.05, 3.63) is 42.1 Å². The lowest BCUT2D eigenvalue weighted by atomic mass is 9.95. The average molecular weight is 409 g/mol. The Labute approximate surface area is 174 Å². The number of carbonyl (C=O) groups excluding carboxylic acids is 1. The van der Waals surface area contributed by atoms with Crippen LogP contribution in [0.4, 0.5) is 0 Å². The largest absolute Gasteiger partial charge is 0.550 e. The smallest absolute Gasteiger partial charge is 0.231 e. The quantitative estimate of drug-likeness (QED) is 0.668. The SMILES string of the molecule is CCCC(=O)[O-].COc1ccc2cc3[n+](cc2c1O)CCc1cc2c(cc1-3)OCO2. The highest BCUT2D eigenvalue weighted by atomic mass is 16.7. The summed E-state index contributed by atoms with van der Waals surface area (Å²) in [4.78, 5) is 9.49. The number of phenols is 1. The Morgan fingerprint density at radius 2 is 2.00 bits per heavy atom. The number of fused-ring (bicyclic) bond motifs is 5. The van der Waals surface area contributed by atoms with Crippen LogP contribution in [0.15, 0.2) is 36.5 Å². The van der Waals surface area contributed by atoms with Crippen LogP contribution in [0.2, 0.25) is 0 Å². The van der Waals surface area contributed by atoms with Crippen LogP contribution in [0, 0.1) is 0 Å². The van der Waals surface area contributed by atoms with Gasteiger partial charge in [-0.1, -0.05) is 13.3 Å². The Kier molecular flexibility index (Phi) is 5.35. The fourth-order valence-corrected chi connectivity index (χ4v) is 3.78. The molecule has 0 spiro atoms. The van der Waals surface area contributed by atoms with Crippen LogP contribution in [0.25, 0.3) is 22.0 Å². The monoisotopic (exact) mass is 409 g/mol. The Bertz CT molecular complexity index is 1120. The normalized spacial score (nSPS) is 13.1. The van der Waals surface area contributed by atoms with Gasteiger partial charge in [-0.05, 0) is 41.6 Å². The Hall–Kier alpha value is -3.48. The van der Waals surface area contributed by atoms with Gasteiger partial charge in [0.15, 0.2) is 35.7 Å². The molecule has 3 heterocycles. The summed E-state index contributed by atoms with van der Waals surface area (Å²) in [5.74, 6) is 1.33. The summed E-state index contributed by atoms with van der Waals surface area (Å²) in [6, 6.07) is 10.00. The molecule has 3 aromatic rings. The van der Waals surface area contributed by atoms with E-state index in [1.807, 2.05) is 12.3 Å². The second-order valence-electron chi connectivity index (χ2n) is 7.21. The molecule has 0 saturated carbocycles. The molecule has 5 rings (SSSR count). The van der Waals surface area contributed by atoms with Gasteiger partial charge >= 0.3 is 0 Å². The van der Waals surface area contributed by atoms with Gasteiger partial charge in [0.05, 0.1) is 18.1 Å². The number of benzene rings is 2. The summed E-state index contributed by atoms with van der Waals surface area (Å²) in [5.41, 5.74) is 3.53. The zero-order valence-electron chi connectivity index (χ0n) is 16.9. The molecule has 0 atom stereocenters. The molecular formula is C23H23NO6. The molecule has 1 aromatic heterocycles. The van der Waals surface area contributed by atoms with Crippen molar-refractivity contribution in [2.45, 2.75) is 32.7 Å². The maximum absolute atomic E-state index is 10.4. The van der Waals surface area contributed by atoms with Gasteiger partial charge in [0.1, 0.15) is 0 Å². The third kappa shape index (κ3) is 3.58. The number of carbonyl (C=O) groups is 1. The number of pyridine rings is 1. The minimum Gasteiger partial charge on any atom is -0.550 e. The van der Waals surface area contributed by atoms with Gasteiger partial charge in [-0.2, -0.15) is 4.57 Å². The molecule has 0 unspecified atom stereocenters. The molecule has 30 heavy (non-hydrogen) atoms. The molecule has 2 aliphatic heterocycles. The van der Waals surface area contributed by atoms with Crippen molar-refractivity contribution in [2.75, 3.05) is 13.9 Å². The van der Waals surface area contributed by atoms with Crippen LogP contribution in [-0.2, 0) is 17.8 Å². The third-order valence-corrected chi connectivity index (χ3v) is 5.27. The van der Waals surface area contributed by atoms with Crippen molar-refractivity contribution in [1.82, 2.24) is 0 Å². The zero-order valence-corrected chi connectivity index (χ0v) is 16.9. The highest BCUT2D eigenvalue weighted by Gasteiger charge is 2.28. The van der Waals surface area contributed by atoms with Crippen molar-refractivity contribution in [2.24, 2.45) is 0 Å². The number of aryl methyl sites for hydroxylation is 2. The van der Waals surface area contributed by atoms with E-state index in [1.165, 1.54) is 5.56 Å². The van der Waals surface area contributed by atoms with E-state index >= 15 is 0 Å². The van der Waals surface area contributed by atoms with E-state index in [-0.39, 0.29) is 19.0 Å². The molecule has 7 heteroatoms. The summed E-state index contributed by atoms with van der Waals surface area (Å²) in [6.07, 6.45) is 3.76. The number of carboxylic acids is 1. The lowest BCUT2D eigenvalue weighted by Crippen LogP contribution is -2.39. The van der Waals surface area contributed by atoms with Crippen LogP contribution >= 0.6 is 0 Å². The summed E-state index contributed by atoms with van der Waals surface area (Å²) in [5, 5.41) is 21.7. The number of hydrogen-bond acceptors (Lipinski definition) is 6. The van der Waals surface area contributed by atoms with Crippen molar-refractivity contribution < 1.29 is 33.8 Å². The van der Waals surface area contributed by atoms with Crippen LogP contribution in [0.1, 0.15) is 25.3 Å². The number of ether oxygens (including phenoxy) is 3. The molecule has 2 aliphatic rings. The van der Waals surface area contributed by atoms with E-state index in [9.17, 15) is 15.0 Å². The summed E-state index contributed by atoms with van der Waals surface area (Å²) in [7, 11) is 1.56. The Balaban J connectivity index is 0.000000322.